The lowest BCUT2D eigenvalue weighted by Gasteiger charge is -2.18. The van der Waals surface area contributed by atoms with E-state index in [1.54, 1.807) is 0 Å². The molecule has 14 heavy (non-hydrogen) atoms. The van der Waals surface area contributed by atoms with Gasteiger partial charge >= 0.3 is 0 Å². The highest BCUT2D eigenvalue weighted by Gasteiger charge is 2.25. The highest BCUT2D eigenvalue weighted by Crippen LogP contribution is 2.21. The van der Waals surface area contributed by atoms with Crippen molar-refractivity contribution in [3.63, 3.8) is 0 Å². The van der Waals surface area contributed by atoms with Gasteiger partial charge in [-0.05, 0) is 38.3 Å². The molecule has 0 aromatic rings. The summed E-state index contributed by atoms with van der Waals surface area (Å²) in [4.78, 5) is 2.61. The Hall–Kier alpha value is -0.0800. The minimum Gasteiger partial charge on any atom is -0.314 e. The number of nitrogens with zero attached hydrogens (tertiary/aromatic N) is 1. The van der Waals surface area contributed by atoms with Crippen LogP contribution in [0.1, 0.15) is 34.1 Å². The zero-order chi connectivity index (χ0) is 10.6. The van der Waals surface area contributed by atoms with Crippen LogP contribution in [0.4, 0.5) is 0 Å². The summed E-state index contributed by atoms with van der Waals surface area (Å²) in [6, 6.07) is 0.672. The Bertz CT molecular complexity index is 148. The SMILES string of the molecule is CCNC(C)CCN1CC(C)C(C)C1. The predicted octanol–water partition coefficient (Wildman–Crippen LogP) is 1.96. The molecule has 84 valence electrons. The first-order chi connectivity index (χ1) is 6.63. The predicted molar refractivity (Wildman–Crippen MR) is 62.5 cm³/mol. The molecule has 0 spiro atoms. The Morgan fingerprint density at radius 3 is 2.36 bits per heavy atom. The van der Waals surface area contributed by atoms with Crippen LogP contribution in [0.5, 0.6) is 0 Å². The number of hydrogen-bond acceptors (Lipinski definition) is 2. The second-order valence-corrected chi connectivity index (χ2v) is 4.96. The van der Waals surface area contributed by atoms with E-state index < -0.39 is 0 Å². The van der Waals surface area contributed by atoms with Crippen LogP contribution in [0, 0.1) is 11.8 Å². The van der Waals surface area contributed by atoms with Crippen LogP contribution >= 0.6 is 0 Å². The Kier molecular flexibility index (Phi) is 4.90. The van der Waals surface area contributed by atoms with E-state index in [-0.39, 0.29) is 0 Å². The molecule has 0 bridgehead atoms. The molecule has 0 aromatic carbocycles. The van der Waals surface area contributed by atoms with Gasteiger partial charge in [0.25, 0.3) is 0 Å². The minimum atomic E-state index is 0.672. The van der Waals surface area contributed by atoms with Crippen molar-refractivity contribution in [3.8, 4) is 0 Å². The first-order valence-corrected chi connectivity index (χ1v) is 6.09. The molecule has 3 atom stereocenters. The van der Waals surface area contributed by atoms with Gasteiger partial charge in [0.15, 0.2) is 0 Å². The highest BCUT2D eigenvalue weighted by atomic mass is 15.2. The van der Waals surface area contributed by atoms with Crippen molar-refractivity contribution in [1.29, 1.82) is 0 Å². The number of nitrogens with one attached hydrogen (secondary N) is 1. The van der Waals surface area contributed by atoms with Gasteiger partial charge in [0.2, 0.25) is 0 Å². The van der Waals surface area contributed by atoms with E-state index in [0.717, 1.165) is 18.4 Å². The fourth-order valence-corrected chi connectivity index (χ4v) is 2.26. The van der Waals surface area contributed by atoms with Crippen LogP contribution in [0.3, 0.4) is 0 Å². The number of rotatable bonds is 5. The minimum absolute atomic E-state index is 0.672. The average molecular weight is 198 g/mol. The molecule has 1 aliphatic rings. The molecule has 1 rings (SSSR count). The van der Waals surface area contributed by atoms with E-state index in [4.69, 9.17) is 0 Å². The third-order valence-electron chi connectivity index (χ3n) is 3.49. The maximum absolute atomic E-state index is 3.47. The zero-order valence-electron chi connectivity index (χ0n) is 10.2. The normalized spacial score (nSPS) is 30.9. The van der Waals surface area contributed by atoms with Crippen LogP contribution in [-0.4, -0.2) is 37.1 Å². The van der Waals surface area contributed by atoms with Gasteiger partial charge in [-0.1, -0.05) is 20.8 Å². The zero-order valence-corrected chi connectivity index (χ0v) is 10.2. The molecule has 3 unspecified atom stereocenters. The average Bonchev–Trinajstić information content (AvgIpc) is 2.44. The molecular formula is C12H26N2. The molecule has 1 saturated heterocycles. The third-order valence-corrected chi connectivity index (χ3v) is 3.49. The van der Waals surface area contributed by atoms with Crippen LogP contribution in [-0.2, 0) is 0 Å². The fourth-order valence-electron chi connectivity index (χ4n) is 2.26. The van der Waals surface area contributed by atoms with E-state index in [9.17, 15) is 0 Å². The van der Waals surface area contributed by atoms with Gasteiger partial charge in [0.1, 0.15) is 0 Å². The van der Waals surface area contributed by atoms with Gasteiger partial charge in [-0.15, -0.1) is 0 Å². The molecule has 0 aliphatic carbocycles. The van der Waals surface area contributed by atoms with Crippen molar-refractivity contribution in [3.05, 3.63) is 0 Å². The second kappa shape index (κ2) is 5.72. The summed E-state index contributed by atoms with van der Waals surface area (Å²) in [6.45, 7) is 14.2. The Labute approximate surface area is 89.1 Å². The van der Waals surface area contributed by atoms with Crippen LogP contribution in [0.25, 0.3) is 0 Å². The van der Waals surface area contributed by atoms with Crippen LogP contribution in [0.2, 0.25) is 0 Å². The monoisotopic (exact) mass is 198 g/mol. The maximum atomic E-state index is 3.47. The molecule has 0 saturated carbocycles. The quantitative estimate of drug-likeness (QED) is 0.726. The van der Waals surface area contributed by atoms with Crippen LogP contribution < -0.4 is 5.32 Å². The largest absolute Gasteiger partial charge is 0.314 e. The summed E-state index contributed by atoms with van der Waals surface area (Å²) in [5, 5.41) is 3.47. The van der Waals surface area contributed by atoms with E-state index in [0.29, 0.717) is 6.04 Å². The molecule has 0 aromatic heterocycles. The third kappa shape index (κ3) is 3.58. The summed E-state index contributed by atoms with van der Waals surface area (Å²) in [5.41, 5.74) is 0. The molecular weight excluding hydrogens is 172 g/mol. The lowest BCUT2D eigenvalue weighted by Crippen LogP contribution is -2.31. The van der Waals surface area contributed by atoms with Crippen molar-refractivity contribution in [2.24, 2.45) is 11.8 Å². The number of likely N-dealkylation sites (tertiary alicyclic amines) is 1. The van der Waals surface area contributed by atoms with Crippen molar-refractivity contribution in [2.45, 2.75) is 40.2 Å². The standard InChI is InChI=1S/C12H26N2/c1-5-13-12(4)6-7-14-8-10(2)11(3)9-14/h10-13H,5-9H2,1-4H3. The highest BCUT2D eigenvalue weighted by molar-refractivity contribution is 4.79. The fraction of sp³-hybridized carbons (Fsp3) is 1.00. The Morgan fingerprint density at radius 2 is 1.86 bits per heavy atom. The second-order valence-electron chi connectivity index (χ2n) is 4.96. The molecule has 1 fully saturated rings. The first kappa shape index (κ1) is 12.0. The Morgan fingerprint density at radius 1 is 1.29 bits per heavy atom. The summed E-state index contributed by atoms with van der Waals surface area (Å²) in [7, 11) is 0. The van der Waals surface area contributed by atoms with Crippen molar-refractivity contribution >= 4 is 0 Å². The van der Waals surface area contributed by atoms with E-state index in [1.165, 1.54) is 26.1 Å². The van der Waals surface area contributed by atoms with Gasteiger partial charge in [0.05, 0.1) is 0 Å². The molecule has 0 radical (unpaired) electrons. The molecule has 1 heterocycles. The summed E-state index contributed by atoms with van der Waals surface area (Å²) in [5.74, 6) is 1.79. The lowest BCUT2D eigenvalue weighted by molar-refractivity contribution is 0.302. The summed E-state index contributed by atoms with van der Waals surface area (Å²) in [6.07, 6.45) is 1.28. The number of hydrogen-bond donors (Lipinski definition) is 1. The van der Waals surface area contributed by atoms with Gasteiger partial charge in [-0.3, -0.25) is 0 Å². The van der Waals surface area contributed by atoms with Crippen LogP contribution in [0.15, 0.2) is 0 Å². The molecule has 1 aliphatic heterocycles. The van der Waals surface area contributed by atoms with E-state index in [1.807, 2.05) is 0 Å². The van der Waals surface area contributed by atoms with E-state index >= 15 is 0 Å². The summed E-state index contributed by atoms with van der Waals surface area (Å²) >= 11 is 0. The Balaban J connectivity index is 2.13. The van der Waals surface area contributed by atoms with Crippen molar-refractivity contribution in [1.82, 2.24) is 10.2 Å². The van der Waals surface area contributed by atoms with Gasteiger partial charge in [0, 0.05) is 19.1 Å². The molecule has 2 heteroatoms. The molecule has 0 amide bonds. The smallest absolute Gasteiger partial charge is 0.00507 e. The molecule has 2 nitrogen and oxygen atoms in total. The van der Waals surface area contributed by atoms with Gasteiger partial charge in [-0.25, -0.2) is 0 Å². The van der Waals surface area contributed by atoms with Gasteiger partial charge < -0.3 is 10.2 Å². The van der Waals surface area contributed by atoms with E-state index in [2.05, 4.69) is 37.9 Å². The summed E-state index contributed by atoms with van der Waals surface area (Å²) < 4.78 is 0. The van der Waals surface area contributed by atoms with Crippen molar-refractivity contribution in [2.75, 3.05) is 26.2 Å². The van der Waals surface area contributed by atoms with Crippen molar-refractivity contribution < 1.29 is 0 Å². The first-order valence-electron chi connectivity index (χ1n) is 6.09. The molecule has 1 N–H and O–H groups in total. The lowest BCUT2D eigenvalue weighted by atomic mass is 10.0. The van der Waals surface area contributed by atoms with Gasteiger partial charge in [-0.2, -0.15) is 0 Å². The topological polar surface area (TPSA) is 15.3 Å². The maximum Gasteiger partial charge on any atom is 0.00507 e.